The van der Waals surface area contributed by atoms with Crippen LogP contribution in [0.4, 0.5) is 19.4 Å². The lowest BCUT2D eigenvalue weighted by Crippen LogP contribution is -2.34. The number of halogens is 5. The molecule has 0 atom stereocenters. The van der Waals surface area contributed by atoms with Crippen molar-refractivity contribution in [2.24, 2.45) is 0 Å². The van der Waals surface area contributed by atoms with Crippen molar-refractivity contribution in [3.63, 3.8) is 0 Å². The quantitative estimate of drug-likeness (QED) is 0.516. The van der Waals surface area contributed by atoms with E-state index in [-0.39, 0.29) is 29.5 Å². The third kappa shape index (κ3) is 4.21. The smallest absolute Gasteiger partial charge is 0.310 e. The van der Waals surface area contributed by atoms with Crippen LogP contribution in [0.2, 0.25) is 0 Å². The van der Waals surface area contributed by atoms with E-state index in [0.717, 1.165) is 12.1 Å². The van der Waals surface area contributed by atoms with Crippen LogP contribution in [0.5, 0.6) is 5.75 Å². The van der Waals surface area contributed by atoms with Crippen LogP contribution in [-0.4, -0.2) is 18.2 Å². The molecular weight excluding hydrogens is 343 g/mol. The van der Waals surface area contributed by atoms with Gasteiger partial charge in [-0.3, -0.25) is 0 Å². The molecular formula is C13H15F5N2O2S. The van der Waals surface area contributed by atoms with Gasteiger partial charge in [0.15, 0.2) is 0 Å². The van der Waals surface area contributed by atoms with Gasteiger partial charge in [-0.25, -0.2) is 0 Å². The zero-order valence-electron chi connectivity index (χ0n) is 12.0. The number of hydrogen-bond donors (Lipinski definition) is 3. The first-order chi connectivity index (χ1) is 10.4. The van der Waals surface area contributed by atoms with Gasteiger partial charge in [0.25, 0.3) is 0 Å². The molecule has 130 valence electrons. The Morgan fingerprint density at radius 3 is 2.30 bits per heavy atom. The molecule has 4 nitrogen and oxygen atoms in total. The Balaban J connectivity index is 2.17. The first-order valence-electron chi connectivity index (χ1n) is 6.52. The van der Waals surface area contributed by atoms with Crippen molar-refractivity contribution < 1.29 is 29.3 Å². The molecule has 0 aliphatic carbocycles. The van der Waals surface area contributed by atoms with Crippen LogP contribution >= 0.6 is 10.2 Å². The van der Waals surface area contributed by atoms with Crippen LogP contribution in [0, 0.1) is 0 Å². The van der Waals surface area contributed by atoms with Gasteiger partial charge in [-0.2, -0.15) is 0 Å². The van der Waals surface area contributed by atoms with Crippen molar-refractivity contribution in [3.8, 4) is 5.75 Å². The number of aliphatic hydroxyl groups excluding tert-OH is 1. The summed E-state index contributed by atoms with van der Waals surface area (Å²) in [6.07, 6.45) is 1.36. The second kappa shape index (κ2) is 4.95. The lowest BCUT2D eigenvalue weighted by molar-refractivity contribution is 0.325. The summed E-state index contributed by atoms with van der Waals surface area (Å²) < 4.78 is 68.2. The molecule has 2 rings (SSSR count). The van der Waals surface area contributed by atoms with Gasteiger partial charge < -0.3 is 20.5 Å². The third-order valence-corrected chi connectivity index (χ3v) is 4.10. The van der Waals surface area contributed by atoms with E-state index in [1.54, 1.807) is 0 Å². The Hall–Kier alpha value is -2.10. The Labute approximate surface area is 129 Å². The van der Waals surface area contributed by atoms with Crippen molar-refractivity contribution in [2.45, 2.75) is 11.8 Å². The first kappa shape index (κ1) is 17.3. The molecule has 10 heteroatoms. The molecule has 1 aliphatic heterocycles. The Kier molecular flexibility index (Phi) is 3.71. The first-order valence-corrected chi connectivity index (χ1v) is 8.48. The van der Waals surface area contributed by atoms with Gasteiger partial charge >= 0.3 is 10.2 Å². The van der Waals surface area contributed by atoms with E-state index < -0.39 is 15.1 Å². The minimum Gasteiger partial charge on any atom is -0.506 e. The summed E-state index contributed by atoms with van der Waals surface area (Å²) in [6.45, 7) is 2.73. The number of aliphatic hydroxyl groups is 1. The van der Waals surface area contributed by atoms with E-state index in [1.807, 2.05) is 6.92 Å². The fourth-order valence-corrected chi connectivity index (χ4v) is 2.37. The maximum atomic E-state index is 12.6. The number of benzene rings is 1. The maximum absolute atomic E-state index is 12.6. The largest absolute Gasteiger partial charge is 0.506 e. The molecule has 0 radical (unpaired) electrons. The van der Waals surface area contributed by atoms with Gasteiger partial charge in [0, 0.05) is 12.7 Å². The summed E-state index contributed by atoms with van der Waals surface area (Å²) in [5.74, 6) is 0.00697. The molecule has 0 aromatic heterocycles. The summed E-state index contributed by atoms with van der Waals surface area (Å²) in [5, 5.41) is 15.3. The highest BCUT2D eigenvalue weighted by molar-refractivity contribution is 8.45. The Morgan fingerprint density at radius 1 is 1.26 bits per heavy atom. The van der Waals surface area contributed by atoms with Gasteiger partial charge in [-0.15, -0.1) is 0 Å². The van der Waals surface area contributed by atoms with Gasteiger partial charge in [0.05, 0.1) is 12.1 Å². The maximum Gasteiger partial charge on any atom is 0.310 e. The van der Waals surface area contributed by atoms with Crippen molar-refractivity contribution in [3.05, 3.63) is 47.7 Å². The molecule has 0 spiro atoms. The van der Waals surface area contributed by atoms with Crippen LogP contribution in [0.1, 0.15) is 6.92 Å². The fraction of sp³-hybridized carbons (Fsp3) is 0.231. The molecule has 1 aliphatic rings. The van der Waals surface area contributed by atoms with Crippen LogP contribution in [-0.2, 0) is 0 Å². The molecule has 0 amide bonds. The molecule has 0 unspecified atom stereocenters. The predicted octanol–water partition coefficient (Wildman–Crippen LogP) is 4.55. The molecule has 0 bridgehead atoms. The summed E-state index contributed by atoms with van der Waals surface area (Å²) in [4.78, 5) is -1.98. The molecule has 1 aromatic carbocycles. The second-order valence-electron chi connectivity index (χ2n) is 4.79. The average molecular weight is 358 g/mol. The minimum absolute atomic E-state index is 0.0634. The Bertz CT molecular complexity index is 668. The van der Waals surface area contributed by atoms with Crippen molar-refractivity contribution >= 4 is 10.2 Å². The average Bonchev–Trinajstić information content (AvgIpc) is 2.39. The van der Waals surface area contributed by atoms with Crippen LogP contribution in [0.25, 0.3) is 0 Å². The van der Waals surface area contributed by atoms with Gasteiger partial charge in [-0.1, -0.05) is 19.4 Å². The normalized spacial score (nSPS) is 18.4. The molecule has 0 fully saturated rings. The van der Waals surface area contributed by atoms with Crippen LogP contribution < -0.4 is 15.4 Å². The predicted molar refractivity (Wildman–Crippen MR) is 77.9 cm³/mol. The lowest BCUT2D eigenvalue weighted by atomic mass is 10.1. The third-order valence-electron chi connectivity index (χ3n) is 2.94. The monoisotopic (exact) mass is 358 g/mol. The number of hydrogen-bond acceptors (Lipinski definition) is 4. The van der Waals surface area contributed by atoms with E-state index in [1.165, 1.54) is 6.20 Å². The van der Waals surface area contributed by atoms with E-state index in [9.17, 15) is 24.5 Å². The highest BCUT2D eigenvalue weighted by atomic mass is 32.5. The minimum atomic E-state index is -9.68. The molecule has 23 heavy (non-hydrogen) atoms. The van der Waals surface area contributed by atoms with Crippen molar-refractivity contribution in [1.82, 2.24) is 10.6 Å². The number of rotatable bonds is 6. The summed E-state index contributed by atoms with van der Waals surface area (Å²) >= 11 is 0. The van der Waals surface area contributed by atoms with Gasteiger partial charge in [0.1, 0.15) is 16.4 Å². The summed E-state index contributed by atoms with van der Waals surface area (Å²) in [5.41, 5.74) is 0.419. The molecule has 1 heterocycles. The topological polar surface area (TPSA) is 53.5 Å². The molecule has 3 N–H and O–H groups in total. The molecule has 0 saturated heterocycles. The SMILES string of the molecule is CCN/C=C(\O)C1=C(Oc2ccc(S(F)(F)(F)(F)F)cc2)NC1. The zero-order chi connectivity index (χ0) is 17.4. The number of nitrogens with one attached hydrogen (secondary N) is 2. The van der Waals surface area contributed by atoms with E-state index in [0.29, 0.717) is 18.7 Å². The Morgan fingerprint density at radius 2 is 1.87 bits per heavy atom. The van der Waals surface area contributed by atoms with Gasteiger partial charge in [0.2, 0.25) is 5.88 Å². The van der Waals surface area contributed by atoms with Crippen molar-refractivity contribution in [2.75, 3.05) is 13.1 Å². The summed E-state index contributed by atoms with van der Waals surface area (Å²) in [6, 6.07) is 2.13. The molecule has 1 aromatic rings. The van der Waals surface area contributed by atoms with E-state index in [2.05, 4.69) is 10.6 Å². The highest BCUT2D eigenvalue weighted by Crippen LogP contribution is 3.02. The summed E-state index contributed by atoms with van der Waals surface area (Å²) in [7, 11) is -9.68. The van der Waals surface area contributed by atoms with E-state index in [4.69, 9.17) is 4.74 Å². The van der Waals surface area contributed by atoms with Crippen LogP contribution in [0.3, 0.4) is 0 Å². The standard InChI is InChI=1S/C13H15F5N2O2S/c1-2-19-8-12(21)11-7-20-13(11)22-9-3-5-10(6-4-9)23(14,15,16,17)18/h3-6,8,19-21H,2,7H2,1H3/b12-8-. The fourth-order valence-electron chi connectivity index (χ4n) is 1.72. The van der Waals surface area contributed by atoms with Crippen molar-refractivity contribution in [1.29, 1.82) is 0 Å². The lowest BCUT2D eigenvalue weighted by Gasteiger charge is -2.40. The highest BCUT2D eigenvalue weighted by Gasteiger charge is 2.65. The van der Waals surface area contributed by atoms with E-state index >= 15 is 0 Å². The number of ether oxygens (including phenoxy) is 1. The van der Waals surface area contributed by atoms with Crippen LogP contribution in [0.15, 0.2) is 52.6 Å². The zero-order valence-corrected chi connectivity index (χ0v) is 12.8. The molecule has 0 saturated carbocycles. The second-order valence-corrected chi connectivity index (χ2v) is 7.20. The van der Waals surface area contributed by atoms with Gasteiger partial charge in [-0.05, 0) is 31.2 Å².